The van der Waals surface area contributed by atoms with Gasteiger partial charge in [-0.2, -0.15) is 0 Å². The van der Waals surface area contributed by atoms with Crippen molar-refractivity contribution in [3.8, 4) is 11.1 Å². The number of rotatable bonds is 5. The van der Waals surface area contributed by atoms with E-state index in [9.17, 15) is 4.79 Å². The lowest BCUT2D eigenvalue weighted by Gasteiger charge is -2.06. The fourth-order valence-electron chi connectivity index (χ4n) is 2.58. The Bertz CT molecular complexity index is 863. The average Bonchev–Trinajstić information content (AvgIpc) is 2.57. The van der Waals surface area contributed by atoms with Crippen LogP contribution in [0, 0.1) is 0 Å². The molecule has 2 aromatic carbocycles. The third kappa shape index (κ3) is 3.18. The van der Waals surface area contributed by atoms with E-state index in [1.807, 2.05) is 36.4 Å². The third-order valence-corrected chi connectivity index (χ3v) is 3.73. The Hall–Kier alpha value is -2.43. The van der Waals surface area contributed by atoms with E-state index in [1.165, 1.54) is 6.26 Å². The Kier molecular flexibility index (Phi) is 4.55. The molecule has 0 unspecified atom stereocenters. The quantitative estimate of drug-likeness (QED) is 0.720. The van der Waals surface area contributed by atoms with E-state index in [1.54, 1.807) is 20.3 Å². The summed E-state index contributed by atoms with van der Waals surface area (Å²) in [7, 11) is 3.29. The molecule has 0 aliphatic heterocycles. The Morgan fingerprint density at radius 1 is 0.913 bits per heavy atom. The van der Waals surface area contributed by atoms with Gasteiger partial charge in [0.2, 0.25) is 0 Å². The van der Waals surface area contributed by atoms with Crippen LogP contribution in [0.3, 0.4) is 0 Å². The summed E-state index contributed by atoms with van der Waals surface area (Å²) in [6.07, 6.45) is 1.52. The highest BCUT2D eigenvalue weighted by molar-refractivity contribution is 5.82. The number of methoxy groups -OCH3 is 2. The van der Waals surface area contributed by atoms with Crippen LogP contribution < -0.4 is 5.43 Å². The van der Waals surface area contributed by atoms with Gasteiger partial charge in [-0.15, -0.1) is 0 Å². The molecule has 0 fully saturated rings. The maximum Gasteiger partial charge on any atom is 0.200 e. The lowest BCUT2D eigenvalue weighted by molar-refractivity contribution is 0.185. The topological polar surface area (TPSA) is 48.7 Å². The van der Waals surface area contributed by atoms with Crippen LogP contribution in [-0.2, 0) is 22.7 Å². The first kappa shape index (κ1) is 15.5. The minimum Gasteiger partial charge on any atom is -0.463 e. The van der Waals surface area contributed by atoms with Gasteiger partial charge in [-0.3, -0.25) is 4.79 Å². The molecule has 0 N–H and O–H groups in total. The van der Waals surface area contributed by atoms with Gasteiger partial charge in [0.25, 0.3) is 0 Å². The molecule has 0 amide bonds. The number of benzene rings is 2. The smallest absolute Gasteiger partial charge is 0.200 e. The number of fused-ring (bicyclic) bond motifs is 1. The summed E-state index contributed by atoms with van der Waals surface area (Å²) in [6, 6.07) is 13.2. The zero-order valence-corrected chi connectivity index (χ0v) is 13.2. The molecule has 4 nitrogen and oxygen atoms in total. The van der Waals surface area contributed by atoms with Crippen LogP contribution in [0.25, 0.3) is 22.1 Å². The zero-order chi connectivity index (χ0) is 16.2. The molecule has 0 aliphatic carbocycles. The summed E-state index contributed by atoms with van der Waals surface area (Å²) >= 11 is 0. The molecule has 4 heteroatoms. The van der Waals surface area contributed by atoms with E-state index >= 15 is 0 Å². The van der Waals surface area contributed by atoms with Gasteiger partial charge < -0.3 is 13.9 Å². The summed E-state index contributed by atoms with van der Waals surface area (Å²) in [6.45, 7) is 1.04. The second-order valence-corrected chi connectivity index (χ2v) is 5.37. The van der Waals surface area contributed by atoms with Crippen molar-refractivity contribution < 1.29 is 13.9 Å². The maximum absolute atomic E-state index is 12.7. The SMILES string of the molecule is COCc1ccc(-c2coc3cc(COC)ccc3c2=O)cc1. The fraction of sp³-hybridized carbons (Fsp3) is 0.211. The molecule has 0 atom stereocenters. The summed E-state index contributed by atoms with van der Waals surface area (Å²) in [4.78, 5) is 12.7. The Balaban J connectivity index is 2.03. The predicted molar refractivity (Wildman–Crippen MR) is 89.3 cm³/mol. The highest BCUT2D eigenvalue weighted by atomic mass is 16.5. The van der Waals surface area contributed by atoms with Gasteiger partial charge in [0, 0.05) is 14.2 Å². The van der Waals surface area contributed by atoms with Crippen LogP contribution in [0.4, 0.5) is 0 Å². The van der Waals surface area contributed by atoms with E-state index in [4.69, 9.17) is 13.9 Å². The minimum absolute atomic E-state index is 0.0327. The van der Waals surface area contributed by atoms with Gasteiger partial charge in [-0.25, -0.2) is 0 Å². The van der Waals surface area contributed by atoms with E-state index in [2.05, 4.69) is 0 Å². The Labute approximate surface area is 134 Å². The van der Waals surface area contributed by atoms with Crippen molar-refractivity contribution >= 4 is 11.0 Å². The molecule has 1 heterocycles. The standard InChI is InChI=1S/C19H18O4/c1-21-10-13-3-6-15(7-4-13)17-12-23-18-9-14(11-22-2)5-8-16(18)19(17)20/h3-9,12H,10-11H2,1-2H3. The van der Waals surface area contributed by atoms with Gasteiger partial charge in [-0.1, -0.05) is 30.3 Å². The molecule has 1 aromatic heterocycles. The highest BCUT2D eigenvalue weighted by Crippen LogP contribution is 2.21. The van der Waals surface area contributed by atoms with E-state index < -0.39 is 0 Å². The molecular weight excluding hydrogens is 292 g/mol. The molecule has 0 saturated heterocycles. The second-order valence-electron chi connectivity index (χ2n) is 5.37. The second kappa shape index (κ2) is 6.77. The predicted octanol–water partition coefficient (Wildman–Crippen LogP) is 3.75. The van der Waals surface area contributed by atoms with Gasteiger partial charge in [0.1, 0.15) is 11.8 Å². The average molecular weight is 310 g/mol. The number of hydrogen-bond donors (Lipinski definition) is 0. The summed E-state index contributed by atoms with van der Waals surface area (Å²) in [5.41, 5.74) is 3.96. The first-order chi connectivity index (χ1) is 11.2. The highest BCUT2D eigenvalue weighted by Gasteiger charge is 2.10. The van der Waals surface area contributed by atoms with Gasteiger partial charge in [-0.05, 0) is 28.8 Å². The van der Waals surface area contributed by atoms with Crippen LogP contribution >= 0.6 is 0 Å². The van der Waals surface area contributed by atoms with Crippen molar-refractivity contribution in [3.63, 3.8) is 0 Å². The molecule has 0 saturated carbocycles. The summed E-state index contributed by atoms with van der Waals surface area (Å²) in [5.74, 6) is 0. The first-order valence-electron chi connectivity index (χ1n) is 7.34. The van der Waals surface area contributed by atoms with Crippen molar-refractivity contribution in [2.75, 3.05) is 14.2 Å². The van der Waals surface area contributed by atoms with Crippen LogP contribution in [0.1, 0.15) is 11.1 Å². The van der Waals surface area contributed by atoms with Crippen molar-refractivity contribution in [1.29, 1.82) is 0 Å². The third-order valence-electron chi connectivity index (χ3n) is 3.73. The van der Waals surface area contributed by atoms with Gasteiger partial charge in [0.15, 0.2) is 5.43 Å². The molecule has 23 heavy (non-hydrogen) atoms. The molecule has 3 aromatic rings. The van der Waals surface area contributed by atoms with Gasteiger partial charge in [0.05, 0.1) is 24.2 Å². The summed E-state index contributed by atoms with van der Waals surface area (Å²) < 4.78 is 15.9. The van der Waals surface area contributed by atoms with Crippen LogP contribution in [0.2, 0.25) is 0 Å². The van der Waals surface area contributed by atoms with Crippen molar-refractivity contribution in [2.24, 2.45) is 0 Å². The first-order valence-corrected chi connectivity index (χ1v) is 7.34. The van der Waals surface area contributed by atoms with Crippen LogP contribution in [0.15, 0.2) is 57.9 Å². The molecule has 0 aliphatic rings. The zero-order valence-electron chi connectivity index (χ0n) is 13.2. The Morgan fingerprint density at radius 3 is 2.26 bits per heavy atom. The van der Waals surface area contributed by atoms with Crippen molar-refractivity contribution in [2.45, 2.75) is 13.2 Å². The molecule has 0 spiro atoms. The minimum atomic E-state index is -0.0327. The maximum atomic E-state index is 12.7. The molecule has 0 radical (unpaired) electrons. The number of ether oxygens (including phenoxy) is 2. The molecular formula is C19H18O4. The van der Waals surface area contributed by atoms with Crippen molar-refractivity contribution in [1.82, 2.24) is 0 Å². The molecule has 3 rings (SSSR count). The van der Waals surface area contributed by atoms with Crippen LogP contribution in [-0.4, -0.2) is 14.2 Å². The van der Waals surface area contributed by atoms with E-state index in [0.717, 1.165) is 16.7 Å². The normalized spacial score (nSPS) is 11.0. The lowest BCUT2D eigenvalue weighted by Crippen LogP contribution is -2.05. The lowest BCUT2D eigenvalue weighted by atomic mass is 10.0. The Morgan fingerprint density at radius 2 is 1.57 bits per heavy atom. The monoisotopic (exact) mass is 310 g/mol. The van der Waals surface area contributed by atoms with Crippen molar-refractivity contribution in [3.05, 3.63) is 70.1 Å². The van der Waals surface area contributed by atoms with E-state index in [0.29, 0.717) is 29.7 Å². The number of hydrogen-bond acceptors (Lipinski definition) is 4. The molecule has 0 bridgehead atoms. The summed E-state index contributed by atoms with van der Waals surface area (Å²) in [5, 5.41) is 0.573. The van der Waals surface area contributed by atoms with Crippen LogP contribution in [0.5, 0.6) is 0 Å². The van der Waals surface area contributed by atoms with Gasteiger partial charge >= 0.3 is 0 Å². The molecule has 118 valence electrons. The largest absolute Gasteiger partial charge is 0.463 e. The fourth-order valence-corrected chi connectivity index (χ4v) is 2.58. The van der Waals surface area contributed by atoms with E-state index in [-0.39, 0.29) is 5.43 Å².